The molecule has 8 rings (SSSR count). The fourth-order valence-corrected chi connectivity index (χ4v) is 8.04. The van der Waals surface area contributed by atoms with Gasteiger partial charge < -0.3 is 34.9 Å². The number of aryl methyl sites for hydroxylation is 1. The second-order valence-corrected chi connectivity index (χ2v) is 14.8. The number of rotatable bonds is 16. The molecule has 53 heavy (non-hydrogen) atoms. The van der Waals surface area contributed by atoms with Crippen LogP contribution in [0.2, 0.25) is 0 Å². The lowest BCUT2D eigenvalue weighted by molar-refractivity contribution is -0.175. The normalized spacial score (nSPS) is 20.8. The van der Waals surface area contributed by atoms with Crippen LogP contribution >= 0.6 is 0 Å². The smallest absolute Gasteiger partial charge is 0.320 e. The molecule has 0 unspecified atom stereocenters. The third kappa shape index (κ3) is 8.43. The molecule has 4 N–H and O–H groups in total. The van der Waals surface area contributed by atoms with Crippen molar-refractivity contribution in [3.8, 4) is 11.5 Å². The largest absolute Gasteiger partial charge is 0.506 e. The number of aromatic nitrogens is 1. The molecule has 5 heterocycles. The van der Waals surface area contributed by atoms with E-state index >= 15 is 0 Å². The van der Waals surface area contributed by atoms with Crippen LogP contribution in [0.5, 0.6) is 11.5 Å². The van der Waals surface area contributed by atoms with Crippen LogP contribution in [0.3, 0.4) is 0 Å². The van der Waals surface area contributed by atoms with Crippen molar-refractivity contribution in [2.75, 3.05) is 52.4 Å². The number of benzene rings is 3. The highest BCUT2D eigenvalue weighted by Crippen LogP contribution is 2.39. The molecule has 1 amide bonds. The third-order valence-electron chi connectivity index (χ3n) is 11.3. The van der Waals surface area contributed by atoms with Gasteiger partial charge in [0.1, 0.15) is 23.0 Å². The summed E-state index contributed by atoms with van der Waals surface area (Å²) in [7, 11) is 0. The van der Waals surface area contributed by atoms with Crippen LogP contribution in [-0.2, 0) is 26.2 Å². The number of carbonyl (C=O) groups excluding carboxylic acids is 2. The number of phenols is 1. The number of likely N-dealkylation sites (tertiary alicyclic amines) is 1. The van der Waals surface area contributed by atoms with Gasteiger partial charge in [-0.25, -0.2) is 0 Å². The number of aliphatic hydroxyl groups excluding tert-OH is 1. The first-order valence-electron chi connectivity index (χ1n) is 19.0. The number of unbranched alkanes of at least 4 members (excludes halogenated alkanes) is 2. The number of aromatic hydroxyl groups is 1. The number of aromatic amines is 1. The van der Waals surface area contributed by atoms with E-state index in [1.165, 1.54) is 12.1 Å². The molecular weight excluding hydrogens is 672 g/mol. The average molecular weight is 723 g/mol. The number of hydrogen-bond donors (Lipinski definition) is 4. The predicted octanol–water partition coefficient (Wildman–Crippen LogP) is 4.46. The van der Waals surface area contributed by atoms with Gasteiger partial charge in [0.25, 0.3) is 0 Å². The number of nitrogens with zero attached hydrogens (tertiary/aromatic N) is 2. The molecule has 4 aliphatic rings. The molecule has 3 aromatic carbocycles. The molecule has 4 saturated heterocycles. The molecule has 0 saturated carbocycles. The summed E-state index contributed by atoms with van der Waals surface area (Å²) in [5.74, 6) is 1.05. The van der Waals surface area contributed by atoms with E-state index in [-0.39, 0.29) is 29.3 Å². The lowest BCUT2D eigenvalue weighted by Crippen LogP contribution is -2.66. The first-order valence-corrected chi connectivity index (χ1v) is 19.0. The zero-order valence-electron chi connectivity index (χ0n) is 30.2. The maximum absolute atomic E-state index is 13.7. The number of pyridine rings is 1. The summed E-state index contributed by atoms with van der Waals surface area (Å²) in [6.07, 6.45) is 5.09. The summed E-state index contributed by atoms with van der Waals surface area (Å²) in [5, 5.41) is 24.7. The number of amides is 1. The minimum absolute atomic E-state index is 0.0269. The molecule has 4 aromatic rings. The molecule has 0 spiro atoms. The Morgan fingerprint density at radius 3 is 2.45 bits per heavy atom. The van der Waals surface area contributed by atoms with Crippen molar-refractivity contribution in [2.24, 2.45) is 5.92 Å². The molecule has 280 valence electrons. The summed E-state index contributed by atoms with van der Waals surface area (Å²) < 4.78 is 12.1. The summed E-state index contributed by atoms with van der Waals surface area (Å²) in [5.41, 5.74) is 1.83. The maximum Gasteiger partial charge on any atom is 0.320 e. The first-order chi connectivity index (χ1) is 25.8. The minimum atomic E-state index is -0.810. The number of H-pyrrole nitrogens is 1. The van der Waals surface area contributed by atoms with Gasteiger partial charge in [-0.05, 0) is 105 Å². The minimum Gasteiger partial charge on any atom is -0.506 e. The van der Waals surface area contributed by atoms with Crippen LogP contribution in [0.15, 0.2) is 83.7 Å². The molecule has 1 aromatic heterocycles. The molecule has 2 atom stereocenters. The molecule has 4 fully saturated rings. The summed E-state index contributed by atoms with van der Waals surface area (Å²) in [6, 6.07) is 23.8. The fraction of sp³-hybridized carbons (Fsp3) is 0.452. The molecule has 11 heteroatoms. The summed E-state index contributed by atoms with van der Waals surface area (Å²) in [4.78, 5) is 45.4. The number of carbonyl (C=O) groups is 2. The van der Waals surface area contributed by atoms with Crippen LogP contribution < -0.4 is 15.6 Å². The van der Waals surface area contributed by atoms with Gasteiger partial charge in [0.05, 0.1) is 18.2 Å². The van der Waals surface area contributed by atoms with E-state index in [4.69, 9.17) is 9.47 Å². The quantitative estimate of drug-likeness (QED) is 0.0974. The lowest BCUT2D eigenvalue weighted by Gasteiger charge is -2.50. The van der Waals surface area contributed by atoms with Crippen molar-refractivity contribution >= 4 is 22.8 Å². The van der Waals surface area contributed by atoms with Gasteiger partial charge in [0, 0.05) is 44.1 Å². The Bertz CT molecular complexity index is 1920. The molecule has 0 radical (unpaired) electrons. The van der Waals surface area contributed by atoms with E-state index in [0.29, 0.717) is 61.5 Å². The SMILES string of the molecule is O=C(CCc1ccc(OCCCCCNC[C@H](O)c2ccc(O)c3[nH]c(=O)ccc23)cc1)N1CC(C(=O)O[C@H]2CN3CCC2CC3)(c2ccccc2)C1. The van der Waals surface area contributed by atoms with Crippen molar-refractivity contribution < 1.29 is 29.3 Å². The standard InChI is InChI=1S/C42H50N4O7/c47-35-16-14-33(34-15-17-38(49)44-40(34)35)36(48)25-43-21-5-2-6-24-52-32-12-9-29(10-13-32)11-18-39(50)46-27-42(28-46,31-7-3-1-4-8-31)41(51)53-37-26-45-22-19-30(37)20-23-45/h1,3-4,7-10,12-17,30,36-37,43,47-48H,2,5-6,11,18-28H2,(H,44,49)/t36-,37-/m0/s1. The molecule has 4 aliphatic heterocycles. The number of esters is 1. The Hall–Kier alpha value is -4.71. The second kappa shape index (κ2) is 16.5. The van der Waals surface area contributed by atoms with Gasteiger partial charge >= 0.3 is 5.97 Å². The van der Waals surface area contributed by atoms with Gasteiger partial charge in [-0.15, -0.1) is 0 Å². The number of fused-ring (bicyclic) bond motifs is 4. The van der Waals surface area contributed by atoms with Crippen molar-refractivity contribution in [3.63, 3.8) is 0 Å². The Morgan fingerprint density at radius 1 is 0.943 bits per heavy atom. The number of aliphatic hydroxyl groups is 1. The molecule has 11 nitrogen and oxygen atoms in total. The fourth-order valence-electron chi connectivity index (χ4n) is 8.04. The van der Waals surface area contributed by atoms with Crippen molar-refractivity contribution in [2.45, 2.75) is 62.6 Å². The van der Waals surface area contributed by atoms with Crippen LogP contribution in [0.1, 0.15) is 61.3 Å². The average Bonchev–Trinajstić information content (AvgIpc) is 3.16. The van der Waals surface area contributed by atoms with Gasteiger partial charge in [-0.3, -0.25) is 19.3 Å². The van der Waals surface area contributed by atoms with E-state index in [0.717, 1.165) is 75.2 Å². The van der Waals surface area contributed by atoms with Crippen LogP contribution in [-0.4, -0.2) is 95.4 Å². The van der Waals surface area contributed by atoms with Crippen LogP contribution in [0, 0.1) is 5.92 Å². The lowest BCUT2D eigenvalue weighted by atomic mass is 9.73. The number of nitrogens with one attached hydrogen (secondary N) is 2. The topological polar surface area (TPSA) is 144 Å². The number of ether oxygens (including phenoxy) is 2. The van der Waals surface area contributed by atoms with Gasteiger partial charge in [0.15, 0.2) is 0 Å². The highest BCUT2D eigenvalue weighted by molar-refractivity contribution is 5.89. The Morgan fingerprint density at radius 2 is 1.72 bits per heavy atom. The third-order valence-corrected chi connectivity index (χ3v) is 11.3. The zero-order chi connectivity index (χ0) is 36.8. The number of piperidine rings is 3. The van der Waals surface area contributed by atoms with Crippen molar-refractivity contribution in [1.29, 1.82) is 0 Å². The number of phenolic OH excluding ortho intramolecular Hbond substituents is 1. The molecular formula is C42H50N4O7. The highest BCUT2D eigenvalue weighted by atomic mass is 16.5. The van der Waals surface area contributed by atoms with Crippen LogP contribution in [0.25, 0.3) is 10.9 Å². The van der Waals surface area contributed by atoms with Crippen molar-refractivity contribution in [3.05, 3.63) is 106 Å². The van der Waals surface area contributed by atoms with Crippen LogP contribution in [0.4, 0.5) is 0 Å². The zero-order valence-corrected chi connectivity index (χ0v) is 30.2. The highest BCUT2D eigenvalue weighted by Gasteiger charge is 2.54. The van der Waals surface area contributed by atoms with Gasteiger partial charge in [-0.1, -0.05) is 48.5 Å². The van der Waals surface area contributed by atoms with E-state index in [1.54, 1.807) is 17.0 Å². The van der Waals surface area contributed by atoms with E-state index < -0.39 is 11.5 Å². The number of hydrogen-bond acceptors (Lipinski definition) is 9. The summed E-state index contributed by atoms with van der Waals surface area (Å²) >= 11 is 0. The maximum atomic E-state index is 13.7. The Labute approximate surface area is 309 Å². The Balaban J connectivity index is 0.793. The van der Waals surface area contributed by atoms with Crippen molar-refractivity contribution in [1.82, 2.24) is 20.1 Å². The van der Waals surface area contributed by atoms with E-state index in [2.05, 4.69) is 15.2 Å². The molecule has 2 bridgehead atoms. The second-order valence-electron chi connectivity index (χ2n) is 14.8. The first kappa shape index (κ1) is 36.6. The van der Waals surface area contributed by atoms with Gasteiger partial charge in [-0.2, -0.15) is 0 Å². The van der Waals surface area contributed by atoms with E-state index in [1.807, 2.05) is 54.6 Å². The predicted molar refractivity (Wildman–Crippen MR) is 202 cm³/mol. The summed E-state index contributed by atoms with van der Waals surface area (Å²) in [6.45, 7) is 5.38. The molecule has 0 aliphatic carbocycles. The van der Waals surface area contributed by atoms with E-state index in [9.17, 15) is 24.6 Å². The van der Waals surface area contributed by atoms with Gasteiger partial charge in [0.2, 0.25) is 11.5 Å². The Kier molecular flexibility index (Phi) is 11.4. The monoisotopic (exact) mass is 722 g/mol.